The van der Waals surface area contributed by atoms with E-state index in [1.54, 1.807) is 0 Å². The predicted octanol–water partition coefficient (Wildman–Crippen LogP) is 0.659. The zero-order chi connectivity index (χ0) is 9.85. The van der Waals surface area contributed by atoms with E-state index in [0.29, 0.717) is 5.92 Å². The molecule has 0 unspecified atom stereocenters. The Bertz CT molecular complexity index is 262. The SMILES string of the molecule is CC1(C)[C@H]2CC[C@@](C(N)=O)(C2)[C@@H]1O. The Balaban J connectivity index is 2.40. The Kier molecular flexibility index (Phi) is 1.57. The van der Waals surface area contributed by atoms with E-state index >= 15 is 0 Å². The van der Waals surface area contributed by atoms with Crippen LogP contribution in [0.4, 0.5) is 0 Å². The molecule has 2 rings (SSSR count). The third-order valence-electron chi connectivity index (χ3n) is 4.32. The number of carbonyl (C=O) groups is 1. The van der Waals surface area contributed by atoms with Crippen LogP contribution in [-0.4, -0.2) is 17.1 Å². The van der Waals surface area contributed by atoms with E-state index in [0.717, 1.165) is 19.3 Å². The number of aliphatic hydroxyl groups is 1. The van der Waals surface area contributed by atoms with Crippen molar-refractivity contribution in [2.75, 3.05) is 0 Å². The summed E-state index contributed by atoms with van der Waals surface area (Å²) in [6, 6.07) is 0. The quantitative estimate of drug-likeness (QED) is 0.627. The van der Waals surface area contributed by atoms with Crippen LogP contribution >= 0.6 is 0 Å². The molecular formula is C10H17NO2. The van der Waals surface area contributed by atoms with Crippen LogP contribution in [0.1, 0.15) is 33.1 Å². The van der Waals surface area contributed by atoms with Gasteiger partial charge >= 0.3 is 0 Å². The molecule has 13 heavy (non-hydrogen) atoms. The first-order chi connectivity index (χ1) is 5.91. The number of hydrogen-bond acceptors (Lipinski definition) is 2. The van der Waals surface area contributed by atoms with Crippen LogP contribution < -0.4 is 5.73 Å². The van der Waals surface area contributed by atoms with Gasteiger partial charge in [0.2, 0.25) is 5.91 Å². The summed E-state index contributed by atoms with van der Waals surface area (Å²) < 4.78 is 0. The van der Waals surface area contributed by atoms with E-state index in [9.17, 15) is 9.90 Å². The Morgan fingerprint density at radius 3 is 2.46 bits per heavy atom. The molecule has 0 spiro atoms. The number of hydrogen-bond donors (Lipinski definition) is 2. The van der Waals surface area contributed by atoms with Crippen molar-refractivity contribution in [3.05, 3.63) is 0 Å². The Morgan fingerprint density at radius 2 is 2.15 bits per heavy atom. The minimum Gasteiger partial charge on any atom is -0.391 e. The molecule has 0 aliphatic heterocycles. The van der Waals surface area contributed by atoms with Crippen LogP contribution in [0.25, 0.3) is 0 Å². The first kappa shape index (κ1) is 9.00. The first-order valence-corrected chi connectivity index (χ1v) is 4.89. The van der Waals surface area contributed by atoms with E-state index in [2.05, 4.69) is 0 Å². The number of rotatable bonds is 1. The molecule has 0 aromatic carbocycles. The molecule has 0 aromatic heterocycles. The second kappa shape index (κ2) is 2.27. The van der Waals surface area contributed by atoms with Gasteiger partial charge in [-0.05, 0) is 30.6 Å². The fraction of sp³-hybridized carbons (Fsp3) is 0.900. The lowest BCUT2D eigenvalue weighted by molar-refractivity contribution is -0.137. The number of amides is 1. The molecule has 3 heteroatoms. The summed E-state index contributed by atoms with van der Waals surface area (Å²) in [4.78, 5) is 11.3. The Labute approximate surface area is 78.3 Å². The predicted molar refractivity (Wildman–Crippen MR) is 48.8 cm³/mol. The molecule has 3 N–H and O–H groups in total. The molecule has 2 aliphatic carbocycles. The van der Waals surface area contributed by atoms with Gasteiger partial charge in [0.05, 0.1) is 11.5 Å². The molecule has 0 heterocycles. The standard InChI is InChI=1S/C10H17NO2/c1-9(2)6-3-4-10(5-6,7(9)12)8(11)13/h6-7,12H,3-5H2,1-2H3,(H2,11,13)/t6-,7+,10+/m0/s1. The van der Waals surface area contributed by atoms with E-state index in [4.69, 9.17) is 5.73 Å². The Hall–Kier alpha value is -0.570. The monoisotopic (exact) mass is 183 g/mol. The van der Waals surface area contributed by atoms with Crippen molar-refractivity contribution in [1.29, 1.82) is 0 Å². The van der Waals surface area contributed by atoms with Gasteiger partial charge < -0.3 is 10.8 Å². The van der Waals surface area contributed by atoms with Crippen molar-refractivity contribution >= 4 is 5.91 Å². The van der Waals surface area contributed by atoms with Crippen molar-refractivity contribution in [1.82, 2.24) is 0 Å². The van der Waals surface area contributed by atoms with Gasteiger partial charge in [-0.15, -0.1) is 0 Å². The summed E-state index contributed by atoms with van der Waals surface area (Å²) in [5.74, 6) is 0.156. The van der Waals surface area contributed by atoms with Crippen LogP contribution in [0, 0.1) is 16.7 Å². The second-order valence-corrected chi connectivity index (χ2v) is 5.18. The fourth-order valence-corrected chi connectivity index (χ4v) is 3.25. The molecule has 0 saturated heterocycles. The average Bonchev–Trinajstić information content (AvgIpc) is 2.53. The van der Waals surface area contributed by atoms with Gasteiger partial charge in [-0.2, -0.15) is 0 Å². The van der Waals surface area contributed by atoms with Crippen LogP contribution in [-0.2, 0) is 4.79 Å². The number of primary amides is 1. The van der Waals surface area contributed by atoms with Gasteiger partial charge in [0.25, 0.3) is 0 Å². The van der Waals surface area contributed by atoms with Crippen molar-refractivity contribution in [2.24, 2.45) is 22.5 Å². The summed E-state index contributed by atoms with van der Waals surface area (Å²) >= 11 is 0. The minimum absolute atomic E-state index is 0.132. The summed E-state index contributed by atoms with van der Waals surface area (Å²) in [5.41, 5.74) is 4.65. The topological polar surface area (TPSA) is 63.3 Å². The molecule has 0 aromatic rings. The van der Waals surface area contributed by atoms with Gasteiger partial charge in [0, 0.05) is 0 Å². The van der Waals surface area contributed by atoms with Crippen molar-refractivity contribution in [3.63, 3.8) is 0 Å². The maximum atomic E-state index is 11.3. The zero-order valence-electron chi connectivity index (χ0n) is 8.21. The molecule has 1 amide bonds. The van der Waals surface area contributed by atoms with Crippen LogP contribution in [0.15, 0.2) is 0 Å². The Morgan fingerprint density at radius 1 is 1.54 bits per heavy atom. The molecule has 2 saturated carbocycles. The van der Waals surface area contributed by atoms with E-state index < -0.39 is 11.5 Å². The molecular weight excluding hydrogens is 166 g/mol. The van der Waals surface area contributed by atoms with Gasteiger partial charge in [0.1, 0.15) is 0 Å². The summed E-state index contributed by atoms with van der Waals surface area (Å²) in [6.07, 6.45) is 2.05. The molecule has 74 valence electrons. The van der Waals surface area contributed by atoms with E-state index in [1.807, 2.05) is 13.8 Å². The van der Waals surface area contributed by atoms with Gasteiger partial charge in [-0.25, -0.2) is 0 Å². The van der Waals surface area contributed by atoms with Gasteiger partial charge in [-0.3, -0.25) is 4.79 Å². The normalized spacial score (nSPS) is 46.7. The number of aliphatic hydroxyl groups excluding tert-OH is 1. The highest BCUT2D eigenvalue weighted by molar-refractivity contribution is 5.82. The largest absolute Gasteiger partial charge is 0.391 e. The van der Waals surface area contributed by atoms with Crippen molar-refractivity contribution in [3.8, 4) is 0 Å². The third kappa shape index (κ3) is 0.857. The lowest BCUT2D eigenvalue weighted by Gasteiger charge is -2.39. The number of carbonyl (C=O) groups excluding carboxylic acids is 1. The smallest absolute Gasteiger partial charge is 0.226 e. The highest BCUT2D eigenvalue weighted by Crippen LogP contribution is 2.62. The summed E-state index contributed by atoms with van der Waals surface area (Å²) in [6.45, 7) is 4.07. The maximum Gasteiger partial charge on any atom is 0.226 e. The second-order valence-electron chi connectivity index (χ2n) is 5.18. The lowest BCUT2D eigenvalue weighted by Crippen LogP contribution is -2.48. The van der Waals surface area contributed by atoms with Crippen molar-refractivity contribution in [2.45, 2.75) is 39.2 Å². The lowest BCUT2D eigenvalue weighted by atomic mass is 9.69. The number of nitrogens with two attached hydrogens (primary N) is 1. The molecule has 3 atom stereocenters. The maximum absolute atomic E-state index is 11.3. The summed E-state index contributed by atoms with van der Waals surface area (Å²) in [7, 11) is 0. The first-order valence-electron chi connectivity index (χ1n) is 4.89. The summed E-state index contributed by atoms with van der Waals surface area (Å²) in [5, 5.41) is 10.1. The average molecular weight is 183 g/mol. The van der Waals surface area contributed by atoms with Crippen LogP contribution in [0.5, 0.6) is 0 Å². The molecule has 0 radical (unpaired) electrons. The van der Waals surface area contributed by atoms with E-state index in [-0.39, 0.29) is 11.3 Å². The molecule has 2 fully saturated rings. The van der Waals surface area contributed by atoms with Gasteiger partial charge in [-0.1, -0.05) is 13.8 Å². The highest BCUT2D eigenvalue weighted by Gasteiger charge is 2.64. The molecule has 3 nitrogen and oxygen atoms in total. The van der Waals surface area contributed by atoms with E-state index in [1.165, 1.54) is 0 Å². The van der Waals surface area contributed by atoms with Crippen LogP contribution in [0.2, 0.25) is 0 Å². The van der Waals surface area contributed by atoms with Crippen LogP contribution in [0.3, 0.4) is 0 Å². The molecule has 2 aliphatic rings. The molecule has 2 bridgehead atoms. The minimum atomic E-state index is -0.603. The third-order valence-corrected chi connectivity index (χ3v) is 4.32. The van der Waals surface area contributed by atoms with Crippen molar-refractivity contribution < 1.29 is 9.90 Å². The van der Waals surface area contributed by atoms with Gasteiger partial charge in [0.15, 0.2) is 0 Å². The number of fused-ring (bicyclic) bond motifs is 2. The highest BCUT2D eigenvalue weighted by atomic mass is 16.3. The zero-order valence-corrected chi connectivity index (χ0v) is 8.21. The fourth-order valence-electron chi connectivity index (χ4n) is 3.25.